The predicted molar refractivity (Wildman–Crippen MR) is 164 cm³/mol. The van der Waals surface area contributed by atoms with Crippen molar-refractivity contribution in [2.75, 3.05) is 13.2 Å². The molecule has 202 valence electrons. The van der Waals surface area contributed by atoms with Crippen molar-refractivity contribution >= 4 is 122 Å². The number of aliphatic hydroxyl groups excluding tert-OH is 1. The van der Waals surface area contributed by atoms with E-state index in [-0.39, 0.29) is 43.6 Å². The molecule has 0 radical (unpaired) electrons. The van der Waals surface area contributed by atoms with E-state index in [0.29, 0.717) is 26.1 Å². The third kappa shape index (κ3) is 36.2. The average molecular weight is 1160 g/mol. The average Bonchev–Trinajstić information content (AvgIpc) is 2.75. The number of hydrogen-bond donors (Lipinski definition) is 7. The van der Waals surface area contributed by atoms with Crippen molar-refractivity contribution in [1.82, 2.24) is 5.32 Å². The number of hydrogen-bond acceptors (Lipinski definition) is 8. The number of carbonyl (C=O) groups excluding carboxylic acids is 1. The molecule has 1 fully saturated rings. The molecule has 0 spiro atoms. The second-order valence-electron chi connectivity index (χ2n) is 5.56. The molecule has 0 bridgehead atoms. The van der Waals surface area contributed by atoms with E-state index in [1.165, 1.54) is 0 Å². The summed E-state index contributed by atoms with van der Waals surface area (Å²) in [5.74, 6) is -2.99. The zero-order chi connectivity index (χ0) is 26.1. The van der Waals surface area contributed by atoms with Crippen molar-refractivity contribution in [3.63, 3.8) is 0 Å². The topological polar surface area (TPSA) is 222 Å². The van der Waals surface area contributed by atoms with E-state index in [1.807, 2.05) is 6.92 Å². The fourth-order valence-corrected chi connectivity index (χ4v) is 1.52. The van der Waals surface area contributed by atoms with Crippen LogP contribution in [0.1, 0.15) is 39.0 Å². The first kappa shape index (κ1) is 44.9. The first-order chi connectivity index (χ1) is 15.0. The summed E-state index contributed by atoms with van der Waals surface area (Å²) in [6.45, 7) is 2.02. The summed E-state index contributed by atoms with van der Waals surface area (Å²) in [5.41, 5.74) is 10.2. The van der Waals surface area contributed by atoms with Gasteiger partial charge in [0.25, 0.3) is 0 Å². The SMILES string of the molecule is CCCCC(N)C(=O)O.I.II.I[I-]I.NC(CCO)C(=O)O.O=C1NC(C(=O)O)CCO1. The maximum absolute atomic E-state index is 10.4. The zero-order valence-corrected chi connectivity index (χ0v) is 30.6. The van der Waals surface area contributed by atoms with Crippen molar-refractivity contribution in [2.24, 2.45) is 11.5 Å². The van der Waals surface area contributed by atoms with E-state index in [9.17, 15) is 19.2 Å². The van der Waals surface area contributed by atoms with Crippen LogP contribution in [0.15, 0.2) is 0 Å². The summed E-state index contributed by atoms with van der Waals surface area (Å²) in [4.78, 5) is 40.5. The summed E-state index contributed by atoms with van der Waals surface area (Å²) in [6.07, 6.45) is 2.29. The van der Waals surface area contributed by atoms with Gasteiger partial charge in [0.1, 0.15) is 18.1 Å². The van der Waals surface area contributed by atoms with Gasteiger partial charge in [0.15, 0.2) is 0 Å². The molecule has 0 aromatic heterocycles. The first-order valence-electron chi connectivity index (χ1n) is 8.73. The van der Waals surface area contributed by atoms with Crippen LogP contribution in [0.25, 0.3) is 0 Å². The van der Waals surface area contributed by atoms with Crippen molar-refractivity contribution in [3.8, 4) is 0 Å². The Labute approximate surface area is 263 Å². The van der Waals surface area contributed by atoms with Gasteiger partial charge in [-0.1, -0.05) is 19.8 Å². The van der Waals surface area contributed by atoms with Crippen LogP contribution >= 0.6 is 98.4 Å². The molecule has 0 aromatic carbocycles. The molecule has 12 nitrogen and oxygen atoms in total. The Morgan fingerprint density at radius 1 is 1.12 bits per heavy atom. The number of carboxylic acid groups (broad SMARTS) is 3. The Morgan fingerprint density at radius 3 is 1.79 bits per heavy atom. The number of nitrogens with one attached hydrogen (secondary N) is 1. The predicted octanol–water partition coefficient (Wildman–Crippen LogP) is 0.104. The number of rotatable bonds is 8. The Hall–Kier alpha value is 1.94. The Kier molecular flexibility index (Phi) is 46.2. The second-order valence-corrected chi connectivity index (χ2v) is 21.8. The minimum absolute atomic E-state index is 0. The van der Waals surface area contributed by atoms with Gasteiger partial charge in [-0.2, -0.15) is 0 Å². The van der Waals surface area contributed by atoms with Crippen LogP contribution in [0.2, 0.25) is 0 Å². The van der Waals surface area contributed by atoms with Crippen molar-refractivity contribution in [1.29, 1.82) is 0 Å². The first-order valence-corrected chi connectivity index (χ1v) is 27.6. The summed E-state index contributed by atoms with van der Waals surface area (Å²) in [7, 11) is 0. The van der Waals surface area contributed by atoms with Crippen molar-refractivity contribution in [2.45, 2.75) is 57.2 Å². The number of aliphatic carboxylic acids is 3. The molecule has 9 N–H and O–H groups in total. The largest absolute Gasteiger partial charge is 0.480 e. The van der Waals surface area contributed by atoms with Crippen LogP contribution in [0.4, 0.5) is 4.79 Å². The van der Waals surface area contributed by atoms with E-state index in [0.717, 1.165) is 12.8 Å². The molecule has 1 aliphatic heterocycles. The van der Waals surface area contributed by atoms with Crippen molar-refractivity contribution < 1.29 is 57.6 Å². The number of cyclic esters (lactones) is 1. The van der Waals surface area contributed by atoms with Gasteiger partial charge in [0.2, 0.25) is 0 Å². The number of aliphatic hydroxyl groups is 1. The van der Waals surface area contributed by atoms with E-state index in [2.05, 4.69) is 84.5 Å². The van der Waals surface area contributed by atoms with E-state index >= 15 is 0 Å². The van der Waals surface area contributed by atoms with Gasteiger partial charge >= 0.3 is 74.5 Å². The van der Waals surface area contributed by atoms with Crippen LogP contribution in [-0.2, 0) is 19.1 Å². The maximum atomic E-state index is 10.4. The molecule has 3 atom stereocenters. The number of alkyl carbamates (subject to hydrolysis) is 1. The molecule has 1 saturated heterocycles. The number of halogens is 6. The quantitative estimate of drug-likeness (QED) is 0.162. The van der Waals surface area contributed by atoms with Gasteiger partial charge in [0, 0.05) is 50.3 Å². The van der Waals surface area contributed by atoms with Gasteiger partial charge in [-0.25, -0.2) is 9.59 Å². The summed E-state index contributed by atoms with van der Waals surface area (Å²) < 4.78 is 4.44. The number of carboxylic acids is 3. The molecule has 1 heterocycles. The monoisotopic (exact) mass is 1160 g/mol. The normalized spacial score (nSPS) is 15.2. The number of ether oxygens (including phenoxy) is 1. The molecule has 1 aliphatic rings. The standard InChI is InChI=1S/C6H13NO2.C5H7NO4.C4H9NO3.I3.I2.HI/c1-2-3-4-5(7)6(8)9;7-4(8)3-1-2-10-5(9)6-3;5-3(1-2-6)4(7)8;1-3-2;1-2;/h5H,2-4,7H2,1H3,(H,8,9);3H,1-2H2,(H,6,9)(H,7,8);3,6H,1-2,5H2,(H,7,8);;;1H/q;;;-1;;. The number of amides is 1. The van der Waals surface area contributed by atoms with E-state index in [1.54, 1.807) is 0 Å². The van der Waals surface area contributed by atoms with Gasteiger partial charge in [-0.15, -0.1) is 24.0 Å². The van der Waals surface area contributed by atoms with Gasteiger partial charge in [-0.3, -0.25) is 9.59 Å². The summed E-state index contributed by atoms with van der Waals surface area (Å²) in [6, 6.07) is -2.36. The Bertz CT molecular complexity index is 508. The third-order valence-corrected chi connectivity index (χ3v) is 3.17. The van der Waals surface area contributed by atoms with Crippen LogP contribution in [0.3, 0.4) is 0 Å². The van der Waals surface area contributed by atoms with Crippen molar-refractivity contribution in [3.05, 3.63) is 0 Å². The zero-order valence-electron chi connectivity index (χ0n) is 17.5. The van der Waals surface area contributed by atoms with Gasteiger partial charge in [0.05, 0.1) is 6.61 Å². The summed E-state index contributed by atoms with van der Waals surface area (Å²) >= 11 is 9.54. The molecule has 33 heavy (non-hydrogen) atoms. The fourth-order valence-electron chi connectivity index (χ4n) is 1.52. The molecule has 1 amide bonds. The van der Waals surface area contributed by atoms with Crippen LogP contribution in [0, 0.1) is 0 Å². The minimum Gasteiger partial charge on any atom is -0.480 e. The smallest absolute Gasteiger partial charge is 0.407 e. The van der Waals surface area contributed by atoms with Gasteiger partial charge in [-0.05, 0) is 12.8 Å². The van der Waals surface area contributed by atoms with Gasteiger partial charge < -0.3 is 41.9 Å². The fraction of sp³-hybridized carbons (Fsp3) is 0.733. The molecule has 0 saturated carbocycles. The van der Waals surface area contributed by atoms with E-state index in [4.69, 9.17) is 31.9 Å². The third-order valence-electron chi connectivity index (χ3n) is 3.17. The summed E-state index contributed by atoms with van der Waals surface area (Å²) in [5, 5.41) is 35.0. The molecule has 18 heteroatoms. The molecule has 0 aromatic rings. The van der Waals surface area contributed by atoms with Crippen LogP contribution in [-0.4, -0.2) is 75.8 Å². The molecular formula is C15H30I6N3O9-. The second kappa shape index (κ2) is 33.9. The number of nitrogens with two attached hydrogens (primary N) is 2. The number of unbranched alkanes of at least 4 members (excludes halogenated alkanes) is 1. The van der Waals surface area contributed by atoms with Crippen LogP contribution in [0.5, 0.6) is 0 Å². The Morgan fingerprint density at radius 2 is 1.55 bits per heavy atom. The Balaban J connectivity index is -0.000000107. The molecule has 0 aliphatic carbocycles. The molecular weight excluding hydrogens is 1130 g/mol. The minimum atomic E-state index is -1.07. The number of carbonyl (C=O) groups is 4. The molecule has 3 unspecified atom stereocenters. The molecule has 1 rings (SSSR count). The maximum Gasteiger partial charge on any atom is 0.407 e. The van der Waals surface area contributed by atoms with E-state index < -0.39 is 42.1 Å². The van der Waals surface area contributed by atoms with Crippen LogP contribution < -0.4 is 30.0 Å².